The lowest BCUT2D eigenvalue weighted by atomic mass is 9.87. The standard InChI is InChI=1S/C13H16F2N2O/c1-2-13(14,15)12(7-8-12)10-5-3-9(4-6-10)11(16)17-18/h3-6,18H,2,7-8H2,1H3,(H2,16,17). The van der Waals surface area contributed by atoms with Crippen LogP contribution in [0.5, 0.6) is 0 Å². The van der Waals surface area contributed by atoms with Crippen molar-refractivity contribution in [2.45, 2.75) is 37.5 Å². The molecule has 18 heavy (non-hydrogen) atoms. The maximum absolute atomic E-state index is 13.9. The van der Waals surface area contributed by atoms with Gasteiger partial charge in [-0.2, -0.15) is 0 Å². The highest BCUT2D eigenvalue weighted by Gasteiger charge is 2.61. The lowest BCUT2D eigenvalue weighted by molar-refractivity contribution is -0.0429. The molecule has 3 N–H and O–H groups in total. The van der Waals surface area contributed by atoms with E-state index in [0.717, 1.165) is 0 Å². The molecule has 1 aliphatic rings. The van der Waals surface area contributed by atoms with Gasteiger partial charge in [-0.25, -0.2) is 8.78 Å². The number of nitrogens with two attached hydrogens (primary N) is 1. The van der Waals surface area contributed by atoms with Crippen LogP contribution >= 0.6 is 0 Å². The fraction of sp³-hybridized carbons (Fsp3) is 0.462. The molecule has 0 unspecified atom stereocenters. The molecular weight excluding hydrogens is 238 g/mol. The van der Waals surface area contributed by atoms with Crippen molar-refractivity contribution < 1.29 is 14.0 Å². The largest absolute Gasteiger partial charge is 0.409 e. The molecule has 98 valence electrons. The topological polar surface area (TPSA) is 58.6 Å². The van der Waals surface area contributed by atoms with Gasteiger partial charge in [0.1, 0.15) is 0 Å². The number of alkyl halides is 2. The zero-order chi connectivity index (χ0) is 13.4. The first-order valence-corrected chi connectivity index (χ1v) is 5.93. The molecule has 0 radical (unpaired) electrons. The lowest BCUT2D eigenvalue weighted by Gasteiger charge is -2.26. The van der Waals surface area contributed by atoms with E-state index in [9.17, 15) is 8.78 Å². The third-order valence-electron chi connectivity index (χ3n) is 3.74. The smallest absolute Gasteiger partial charge is 0.257 e. The molecule has 0 atom stereocenters. The van der Waals surface area contributed by atoms with Gasteiger partial charge in [-0.3, -0.25) is 0 Å². The van der Waals surface area contributed by atoms with Gasteiger partial charge in [0.25, 0.3) is 5.92 Å². The molecule has 5 heteroatoms. The van der Waals surface area contributed by atoms with E-state index in [1.165, 1.54) is 6.92 Å². The van der Waals surface area contributed by atoms with Crippen LogP contribution in [0.2, 0.25) is 0 Å². The van der Waals surface area contributed by atoms with Crippen LogP contribution in [0.1, 0.15) is 37.3 Å². The quantitative estimate of drug-likeness (QED) is 0.375. The van der Waals surface area contributed by atoms with Crippen LogP contribution in [-0.2, 0) is 5.41 Å². The normalized spacial score (nSPS) is 18.7. The van der Waals surface area contributed by atoms with E-state index in [1.807, 2.05) is 0 Å². The number of hydrogen-bond acceptors (Lipinski definition) is 2. The van der Waals surface area contributed by atoms with Crippen LogP contribution in [0, 0.1) is 0 Å². The summed E-state index contributed by atoms with van der Waals surface area (Å²) in [6, 6.07) is 6.50. The molecule has 0 amide bonds. The maximum Gasteiger partial charge on any atom is 0.257 e. The average molecular weight is 254 g/mol. The van der Waals surface area contributed by atoms with Gasteiger partial charge in [-0.15, -0.1) is 0 Å². The van der Waals surface area contributed by atoms with Crippen molar-refractivity contribution >= 4 is 5.84 Å². The van der Waals surface area contributed by atoms with Gasteiger partial charge >= 0.3 is 0 Å². The van der Waals surface area contributed by atoms with Gasteiger partial charge in [-0.05, 0) is 18.4 Å². The van der Waals surface area contributed by atoms with Crippen LogP contribution in [-0.4, -0.2) is 17.0 Å². The molecule has 1 saturated carbocycles. The molecule has 0 bridgehead atoms. The van der Waals surface area contributed by atoms with E-state index < -0.39 is 11.3 Å². The molecule has 0 saturated heterocycles. The van der Waals surface area contributed by atoms with Crippen LogP contribution < -0.4 is 5.73 Å². The van der Waals surface area contributed by atoms with Crippen molar-refractivity contribution in [1.29, 1.82) is 0 Å². The molecule has 2 rings (SSSR count). The maximum atomic E-state index is 13.9. The van der Waals surface area contributed by atoms with Gasteiger partial charge in [-0.1, -0.05) is 36.3 Å². The van der Waals surface area contributed by atoms with Crippen LogP contribution in [0.3, 0.4) is 0 Å². The third-order valence-corrected chi connectivity index (χ3v) is 3.74. The van der Waals surface area contributed by atoms with Crippen molar-refractivity contribution in [3.63, 3.8) is 0 Å². The Morgan fingerprint density at radius 3 is 2.33 bits per heavy atom. The summed E-state index contributed by atoms with van der Waals surface area (Å²) >= 11 is 0. The Kier molecular flexibility index (Phi) is 3.00. The molecular formula is C13H16F2N2O. The zero-order valence-electron chi connectivity index (χ0n) is 10.2. The number of hydrogen-bond donors (Lipinski definition) is 2. The Balaban J connectivity index is 2.31. The Labute approximate surface area is 104 Å². The number of rotatable bonds is 4. The van der Waals surface area contributed by atoms with Crippen molar-refractivity contribution in [3.8, 4) is 0 Å². The summed E-state index contributed by atoms with van der Waals surface area (Å²) < 4.78 is 27.8. The Morgan fingerprint density at radius 2 is 1.94 bits per heavy atom. The van der Waals surface area contributed by atoms with Crippen molar-refractivity contribution in [2.75, 3.05) is 0 Å². The van der Waals surface area contributed by atoms with E-state index in [4.69, 9.17) is 10.9 Å². The Bertz CT molecular complexity index is 464. The predicted molar refractivity (Wildman–Crippen MR) is 65.1 cm³/mol. The van der Waals surface area contributed by atoms with Gasteiger partial charge in [0.05, 0.1) is 5.41 Å². The van der Waals surface area contributed by atoms with Crippen LogP contribution in [0.4, 0.5) is 8.78 Å². The van der Waals surface area contributed by atoms with Gasteiger partial charge in [0.15, 0.2) is 5.84 Å². The molecule has 1 fully saturated rings. The van der Waals surface area contributed by atoms with Crippen molar-refractivity contribution in [1.82, 2.24) is 0 Å². The zero-order valence-corrected chi connectivity index (χ0v) is 10.2. The van der Waals surface area contributed by atoms with Crippen molar-refractivity contribution in [2.24, 2.45) is 10.9 Å². The fourth-order valence-corrected chi connectivity index (χ4v) is 2.35. The molecule has 0 aromatic heterocycles. The molecule has 3 nitrogen and oxygen atoms in total. The third kappa shape index (κ3) is 1.83. The number of halogens is 2. The predicted octanol–water partition coefficient (Wildman–Crippen LogP) is 2.86. The van der Waals surface area contributed by atoms with Gasteiger partial charge < -0.3 is 10.9 Å². The molecule has 0 aliphatic heterocycles. The van der Waals surface area contributed by atoms with Gasteiger partial charge in [0.2, 0.25) is 0 Å². The van der Waals surface area contributed by atoms with E-state index in [1.54, 1.807) is 24.3 Å². The summed E-state index contributed by atoms with van der Waals surface area (Å²) in [6.07, 6.45) is 0.864. The molecule has 1 aromatic carbocycles. The summed E-state index contributed by atoms with van der Waals surface area (Å²) in [5.74, 6) is -2.70. The highest BCUT2D eigenvalue weighted by molar-refractivity contribution is 5.97. The minimum absolute atomic E-state index is 0.0198. The van der Waals surface area contributed by atoms with Gasteiger partial charge in [0, 0.05) is 12.0 Å². The fourth-order valence-electron chi connectivity index (χ4n) is 2.35. The first kappa shape index (κ1) is 12.8. The Morgan fingerprint density at radius 1 is 1.39 bits per heavy atom. The summed E-state index contributed by atoms with van der Waals surface area (Å²) in [6.45, 7) is 1.50. The summed E-state index contributed by atoms with van der Waals surface area (Å²) in [7, 11) is 0. The second-order valence-corrected chi connectivity index (χ2v) is 4.70. The number of benzene rings is 1. The van der Waals surface area contributed by atoms with Crippen LogP contribution in [0.25, 0.3) is 0 Å². The SMILES string of the molecule is CCC(F)(F)C1(c2ccc(C(N)=NO)cc2)CC1. The first-order valence-electron chi connectivity index (χ1n) is 5.93. The van der Waals surface area contributed by atoms with E-state index in [2.05, 4.69) is 5.16 Å². The molecule has 0 spiro atoms. The van der Waals surface area contributed by atoms with Crippen molar-refractivity contribution in [3.05, 3.63) is 35.4 Å². The van der Waals surface area contributed by atoms with E-state index in [-0.39, 0.29) is 12.3 Å². The van der Waals surface area contributed by atoms with E-state index in [0.29, 0.717) is 24.0 Å². The minimum atomic E-state index is -2.68. The molecule has 0 heterocycles. The second-order valence-electron chi connectivity index (χ2n) is 4.70. The first-order chi connectivity index (χ1) is 8.47. The minimum Gasteiger partial charge on any atom is -0.409 e. The summed E-state index contributed by atoms with van der Waals surface area (Å²) in [5.41, 5.74) is 5.58. The summed E-state index contributed by atoms with van der Waals surface area (Å²) in [4.78, 5) is 0. The molecule has 1 aromatic rings. The average Bonchev–Trinajstić information content (AvgIpc) is 3.20. The number of nitrogens with zero attached hydrogens (tertiary/aromatic N) is 1. The lowest BCUT2D eigenvalue weighted by Crippen LogP contribution is -2.32. The number of amidine groups is 1. The highest BCUT2D eigenvalue weighted by Crippen LogP contribution is 2.59. The van der Waals surface area contributed by atoms with Crippen LogP contribution in [0.15, 0.2) is 29.4 Å². The summed E-state index contributed by atoms with van der Waals surface area (Å²) in [5, 5.41) is 11.4. The monoisotopic (exact) mass is 254 g/mol. The molecule has 1 aliphatic carbocycles. The highest BCUT2D eigenvalue weighted by atomic mass is 19.3. The van der Waals surface area contributed by atoms with E-state index >= 15 is 0 Å². The second kappa shape index (κ2) is 4.23. The Hall–Kier alpha value is -1.65. The number of oxime groups is 1.